The van der Waals surface area contributed by atoms with Crippen LogP contribution in [-0.2, 0) is 4.79 Å². The van der Waals surface area contributed by atoms with Crippen molar-refractivity contribution in [3.8, 4) is 0 Å². The van der Waals surface area contributed by atoms with Crippen molar-refractivity contribution in [3.05, 3.63) is 0 Å². The molecule has 0 aliphatic carbocycles. The van der Waals surface area contributed by atoms with Crippen molar-refractivity contribution in [2.75, 3.05) is 24.6 Å². The van der Waals surface area contributed by atoms with Crippen molar-refractivity contribution < 1.29 is 4.79 Å². The molecule has 0 aromatic heterocycles. The zero-order valence-corrected chi connectivity index (χ0v) is 11.7. The van der Waals surface area contributed by atoms with E-state index in [-0.39, 0.29) is 11.3 Å². The summed E-state index contributed by atoms with van der Waals surface area (Å²) in [6, 6.07) is 0.417. The lowest BCUT2D eigenvalue weighted by atomic mass is 9.75. The molecule has 17 heavy (non-hydrogen) atoms. The Morgan fingerprint density at radius 2 is 2.12 bits per heavy atom. The van der Waals surface area contributed by atoms with Crippen LogP contribution in [0.15, 0.2) is 0 Å². The molecule has 1 unspecified atom stereocenters. The SMILES string of the molecule is CC(C)C1(C(=O)NC2CCSCC2)CCNC1. The van der Waals surface area contributed by atoms with E-state index in [1.807, 2.05) is 11.8 Å². The van der Waals surface area contributed by atoms with Gasteiger partial charge in [-0.25, -0.2) is 0 Å². The lowest BCUT2D eigenvalue weighted by molar-refractivity contribution is -0.133. The van der Waals surface area contributed by atoms with E-state index in [4.69, 9.17) is 0 Å². The largest absolute Gasteiger partial charge is 0.353 e. The first kappa shape index (κ1) is 13.2. The van der Waals surface area contributed by atoms with Crippen LogP contribution in [0.5, 0.6) is 0 Å². The summed E-state index contributed by atoms with van der Waals surface area (Å²) in [6.07, 6.45) is 3.26. The quantitative estimate of drug-likeness (QED) is 0.806. The van der Waals surface area contributed by atoms with Crippen LogP contribution in [-0.4, -0.2) is 36.5 Å². The molecule has 2 saturated heterocycles. The third-order valence-corrected chi connectivity index (χ3v) is 5.35. The van der Waals surface area contributed by atoms with E-state index in [1.54, 1.807) is 0 Å². The molecule has 98 valence electrons. The molecule has 2 aliphatic heterocycles. The van der Waals surface area contributed by atoms with Crippen molar-refractivity contribution in [2.24, 2.45) is 11.3 Å². The van der Waals surface area contributed by atoms with Gasteiger partial charge in [0.1, 0.15) is 0 Å². The third kappa shape index (κ3) is 2.79. The van der Waals surface area contributed by atoms with Gasteiger partial charge in [-0.3, -0.25) is 4.79 Å². The molecule has 0 aromatic carbocycles. The highest BCUT2D eigenvalue weighted by Crippen LogP contribution is 2.34. The molecule has 2 aliphatic rings. The van der Waals surface area contributed by atoms with E-state index in [0.29, 0.717) is 12.0 Å². The molecule has 0 bridgehead atoms. The van der Waals surface area contributed by atoms with E-state index in [1.165, 1.54) is 11.5 Å². The topological polar surface area (TPSA) is 41.1 Å². The van der Waals surface area contributed by atoms with E-state index >= 15 is 0 Å². The van der Waals surface area contributed by atoms with Crippen molar-refractivity contribution in [1.82, 2.24) is 10.6 Å². The van der Waals surface area contributed by atoms with Gasteiger partial charge in [-0.15, -0.1) is 0 Å². The zero-order valence-electron chi connectivity index (χ0n) is 10.9. The van der Waals surface area contributed by atoms with E-state index in [9.17, 15) is 4.79 Å². The minimum atomic E-state index is -0.162. The Morgan fingerprint density at radius 1 is 1.41 bits per heavy atom. The second-order valence-corrected chi connectivity index (χ2v) is 6.82. The van der Waals surface area contributed by atoms with Gasteiger partial charge in [-0.1, -0.05) is 13.8 Å². The summed E-state index contributed by atoms with van der Waals surface area (Å²) in [5.74, 6) is 3.08. The highest BCUT2D eigenvalue weighted by atomic mass is 32.2. The van der Waals surface area contributed by atoms with Crippen molar-refractivity contribution in [2.45, 2.75) is 39.2 Å². The number of hydrogen-bond donors (Lipinski definition) is 2. The number of amides is 1. The van der Waals surface area contributed by atoms with Crippen LogP contribution < -0.4 is 10.6 Å². The Balaban J connectivity index is 1.96. The molecule has 4 heteroatoms. The van der Waals surface area contributed by atoms with E-state index in [2.05, 4.69) is 24.5 Å². The van der Waals surface area contributed by atoms with Crippen LogP contribution >= 0.6 is 11.8 Å². The summed E-state index contributed by atoms with van der Waals surface area (Å²) in [5.41, 5.74) is -0.162. The summed E-state index contributed by atoms with van der Waals surface area (Å²) >= 11 is 2.00. The first-order valence-corrected chi connectivity index (χ1v) is 7.90. The van der Waals surface area contributed by atoms with Crippen LogP contribution in [0.25, 0.3) is 0 Å². The van der Waals surface area contributed by atoms with Gasteiger partial charge in [-0.05, 0) is 43.2 Å². The predicted octanol–water partition coefficient (Wildman–Crippen LogP) is 1.63. The van der Waals surface area contributed by atoms with Crippen LogP contribution in [0.4, 0.5) is 0 Å². The number of nitrogens with one attached hydrogen (secondary N) is 2. The summed E-state index contributed by atoms with van der Waals surface area (Å²) in [7, 11) is 0. The van der Waals surface area contributed by atoms with Gasteiger partial charge in [0, 0.05) is 12.6 Å². The normalized spacial score (nSPS) is 30.8. The number of thioether (sulfide) groups is 1. The number of rotatable bonds is 3. The van der Waals surface area contributed by atoms with Crippen LogP contribution in [0.1, 0.15) is 33.1 Å². The fourth-order valence-electron chi connectivity index (χ4n) is 2.83. The van der Waals surface area contributed by atoms with Crippen LogP contribution in [0.2, 0.25) is 0 Å². The molecule has 0 saturated carbocycles. The van der Waals surface area contributed by atoms with E-state index < -0.39 is 0 Å². The maximum atomic E-state index is 12.5. The Kier molecular flexibility index (Phi) is 4.36. The van der Waals surface area contributed by atoms with Gasteiger partial charge in [0.2, 0.25) is 5.91 Å². The highest BCUT2D eigenvalue weighted by Gasteiger charge is 2.44. The third-order valence-electron chi connectivity index (χ3n) is 4.30. The van der Waals surface area contributed by atoms with Crippen molar-refractivity contribution >= 4 is 17.7 Å². The predicted molar refractivity (Wildman–Crippen MR) is 73.2 cm³/mol. The van der Waals surface area contributed by atoms with Gasteiger partial charge < -0.3 is 10.6 Å². The summed E-state index contributed by atoms with van der Waals surface area (Å²) < 4.78 is 0. The molecule has 2 fully saturated rings. The fraction of sp³-hybridized carbons (Fsp3) is 0.923. The number of hydrogen-bond acceptors (Lipinski definition) is 3. The minimum absolute atomic E-state index is 0.162. The molecule has 2 heterocycles. The molecule has 0 aromatic rings. The summed E-state index contributed by atoms with van der Waals surface area (Å²) in [6.45, 7) is 6.16. The summed E-state index contributed by atoms with van der Waals surface area (Å²) in [4.78, 5) is 12.5. The summed E-state index contributed by atoms with van der Waals surface area (Å²) in [5, 5.41) is 6.64. The first-order chi connectivity index (χ1) is 8.15. The average Bonchev–Trinajstić information content (AvgIpc) is 2.80. The lowest BCUT2D eigenvalue weighted by Gasteiger charge is -2.34. The van der Waals surface area contributed by atoms with Crippen molar-refractivity contribution in [3.63, 3.8) is 0 Å². The zero-order chi connectivity index (χ0) is 12.3. The van der Waals surface area contributed by atoms with Gasteiger partial charge in [-0.2, -0.15) is 11.8 Å². The van der Waals surface area contributed by atoms with Gasteiger partial charge in [0.25, 0.3) is 0 Å². The molecule has 1 amide bonds. The Bertz CT molecular complexity index is 269. The number of carbonyl (C=O) groups excluding carboxylic acids is 1. The standard InChI is InChI=1S/C13H24N2OS/c1-10(2)13(5-6-14-9-13)12(16)15-11-3-7-17-8-4-11/h10-11,14H,3-9H2,1-2H3,(H,15,16). The molecular formula is C13H24N2OS. The Labute approximate surface area is 108 Å². The second-order valence-electron chi connectivity index (χ2n) is 5.60. The van der Waals surface area contributed by atoms with Gasteiger partial charge in [0.15, 0.2) is 0 Å². The second kappa shape index (κ2) is 5.61. The molecular weight excluding hydrogens is 232 g/mol. The van der Waals surface area contributed by atoms with Gasteiger partial charge in [0.05, 0.1) is 5.41 Å². The molecule has 2 rings (SSSR count). The molecule has 2 N–H and O–H groups in total. The van der Waals surface area contributed by atoms with Crippen LogP contribution in [0.3, 0.4) is 0 Å². The smallest absolute Gasteiger partial charge is 0.228 e. The maximum Gasteiger partial charge on any atom is 0.228 e. The minimum Gasteiger partial charge on any atom is -0.353 e. The average molecular weight is 256 g/mol. The monoisotopic (exact) mass is 256 g/mol. The molecule has 0 spiro atoms. The Hall–Kier alpha value is -0.220. The molecule has 0 radical (unpaired) electrons. The molecule has 1 atom stereocenters. The van der Waals surface area contributed by atoms with E-state index in [0.717, 1.165) is 32.4 Å². The van der Waals surface area contributed by atoms with Crippen molar-refractivity contribution in [1.29, 1.82) is 0 Å². The Morgan fingerprint density at radius 3 is 2.65 bits per heavy atom. The lowest BCUT2D eigenvalue weighted by Crippen LogP contribution is -2.50. The van der Waals surface area contributed by atoms with Gasteiger partial charge >= 0.3 is 0 Å². The molecule has 3 nitrogen and oxygen atoms in total. The maximum absolute atomic E-state index is 12.5. The highest BCUT2D eigenvalue weighted by molar-refractivity contribution is 7.99. The fourth-order valence-corrected chi connectivity index (χ4v) is 3.94. The number of carbonyl (C=O) groups is 1. The first-order valence-electron chi connectivity index (χ1n) is 6.74. The van der Waals surface area contributed by atoms with Crippen LogP contribution in [0, 0.1) is 11.3 Å².